The lowest BCUT2D eigenvalue weighted by atomic mass is 10.0. The van der Waals surface area contributed by atoms with Crippen LogP contribution in [0.5, 0.6) is 0 Å². The third-order valence-corrected chi connectivity index (χ3v) is 5.05. The molecule has 1 N–H and O–H groups in total. The van der Waals surface area contributed by atoms with Crippen LogP contribution in [0, 0.1) is 0 Å². The van der Waals surface area contributed by atoms with Crippen LogP contribution in [0.15, 0.2) is 12.4 Å². The lowest BCUT2D eigenvalue weighted by Crippen LogP contribution is -2.37. The fraction of sp³-hybridized carbons (Fsp3) is 0.727. The number of rotatable bonds is 3. The number of nitrogens with one attached hydrogen (secondary N) is 1. The maximum absolute atomic E-state index is 11.5. The molecule has 0 saturated carbocycles. The number of hydrogen-bond donors (Lipinski definition) is 1. The van der Waals surface area contributed by atoms with Crippen LogP contribution < -0.4 is 5.32 Å². The molecular weight excluding hydrogens is 238 g/mol. The lowest BCUT2D eigenvalue weighted by molar-refractivity contribution is 0.545. The number of aromatic nitrogens is 2. The molecule has 0 radical (unpaired) electrons. The molecule has 1 unspecified atom stereocenters. The third-order valence-electron chi connectivity index (χ3n) is 3.14. The maximum Gasteiger partial charge on any atom is 0.203 e. The predicted molar refractivity (Wildman–Crippen MR) is 67.9 cm³/mol. The highest BCUT2D eigenvalue weighted by atomic mass is 32.2. The molecule has 5 nitrogen and oxygen atoms in total. The van der Waals surface area contributed by atoms with Crippen LogP contribution in [0.25, 0.3) is 0 Å². The molecular formula is C11H19N3O2S. The Morgan fingerprint density at radius 1 is 1.53 bits per heavy atom. The Labute approximate surface area is 102 Å². The number of nitrogens with zero attached hydrogens (tertiary/aromatic N) is 2. The van der Waals surface area contributed by atoms with Crippen molar-refractivity contribution in [3.05, 3.63) is 12.4 Å². The Morgan fingerprint density at radius 3 is 2.76 bits per heavy atom. The molecule has 1 aromatic rings. The van der Waals surface area contributed by atoms with Gasteiger partial charge in [0.2, 0.25) is 5.95 Å². The molecule has 2 heterocycles. The van der Waals surface area contributed by atoms with Crippen LogP contribution >= 0.6 is 0 Å². The standard InChI is InChI=1S/C11H19N3O2S/c1-9(2)14-6-5-12-10(14)13-11(3)4-7-17(15,16)8-11/h5-6,9H,4,7-8H2,1-3H3,(H,12,13). The maximum atomic E-state index is 11.5. The Hall–Kier alpha value is -1.04. The van der Waals surface area contributed by atoms with E-state index in [1.807, 2.05) is 17.7 Å². The highest BCUT2D eigenvalue weighted by molar-refractivity contribution is 7.91. The quantitative estimate of drug-likeness (QED) is 0.890. The normalized spacial score (nSPS) is 27.5. The van der Waals surface area contributed by atoms with Crippen LogP contribution in [0.1, 0.15) is 33.2 Å². The van der Waals surface area contributed by atoms with Crippen LogP contribution in [0.2, 0.25) is 0 Å². The molecule has 6 heteroatoms. The number of anilines is 1. The van der Waals surface area contributed by atoms with E-state index in [0.29, 0.717) is 12.5 Å². The van der Waals surface area contributed by atoms with E-state index in [9.17, 15) is 8.42 Å². The Bertz CT molecular complexity index is 507. The predicted octanol–water partition coefficient (Wildman–Crippen LogP) is 1.45. The second kappa shape index (κ2) is 4.01. The second-order valence-electron chi connectivity index (χ2n) is 5.28. The van der Waals surface area contributed by atoms with Crippen molar-refractivity contribution in [2.75, 3.05) is 16.8 Å². The van der Waals surface area contributed by atoms with Gasteiger partial charge < -0.3 is 9.88 Å². The topological polar surface area (TPSA) is 64.0 Å². The highest BCUT2D eigenvalue weighted by Gasteiger charge is 2.39. The van der Waals surface area contributed by atoms with Gasteiger partial charge in [0.15, 0.2) is 9.84 Å². The van der Waals surface area contributed by atoms with Crippen molar-refractivity contribution in [3.63, 3.8) is 0 Å². The first-order chi connectivity index (χ1) is 7.81. The molecule has 1 atom stereocenters. The summed E-state index contributed by atoms with van der Waals surface area (Å²) in [5.41, 5.74) is -0.392. The van der Waals surface area contributed by atoms with E-state index < -0.39 is 15.4 Å². The van der Waals surface area contributed by atoms with Gasteiger partial charge in [-0.15, -0.1) is 0 Å². The Balaban J connectivity index is 2.19. The van der Waals surface area contributed by atoms with Gasteiger partial charge in [-0.3, -0.25) is 0 Å². The summed E-state index contributed by atoms with van der Waals surface area (Å²) in [4.78, 5) is 4.25. The van der Waals surface area contributed by atoms with Crippen molar-refractivity contribution >= 4 is 15.8 Å². The summed E-state index contributed by atoms with van der Waals surface area (Å²) >= 11 is 0. The molecule has 1 aliphatic rings. The monoisotopic (exact) mass is 257 g/mol. The summed E-state index contributed by atoms with van der Waals surface area (Å²) in [5.74, 6) is 1.20. The van der Waals surface area contributed by atoms with E-state index in [0.717, 1.165) is 5.95 Å². The molecule has 0 spiro atoms. The lowest BCUT2D eigenvalue weighted by Gasteiger charge is -2.25. The zero-order valence-electron chi connectivity index (χ0n) is 10.5. The minimum absolute atomic E-state index is 0.185. The summed E-state index contributed by atoms with van der Waals surface area (Å²) in [6.07, 6.45) is 4.27. The zero-order chi connectivity index (χ0) is 12.7. The van der Waals surface area contributed by atoms with Crippen molar-refractivity contribution in [2.45, 2.75) is 38.8 Å². The van der Waals surface area contributed by atoms with Gasteiger partial charge >= 0.3 is 0 Å². The average Bonchev–Trinajstić information content (AvgIpc) is 2.71. The van der Waals surface area contributed by atoms with Crippen molar-refractivity contribution < 1.29 is 8.42 Å². The molecule has 2 rings (SSSR count). The minimum Gasteiger partial charge on any atom is -0.349 e. The SMILES string of the molecule is CC(C)n1ccnc1NC1(C)CCS(=O)(=O)C1. The van der Waals surface area contributed by atoms with Crippen molar-refractivity contribution in [1.29, 1.82) is 0 Å². The summed E-state index contributed by atoms with van der Waals surface area (Å²) in [6, 6.07) is 0.307. The van der Waals surface area contributed by atoms with E-state index in [4.69, 9.17) is 0 Å². The van der Waals surface area contributed by atoms with E-state index in [-0.39, 0.29) is 11.5 Å². The number of sulfone groups is 1. The van der Waals surface area contributed by atoms with Crippen molar-refractivity contribution in [2.24, 2.45) is 0 Å². The van der Waals surface area contributed by atoms with Crippen molar-refractivity contribution in [3.8, 4) is 0 Å². The first-order valence-electron chi connectivity index (χ1n) is 5.83. The van der Waals surface area contributed by atoms with Gasteiger partial charge in [-0.05, 0) is 27.2 Å². The van der Waals surface area contributed by atoms with Gasteiger partial charge in [0.1, 0.15) is 0 Å². The molecule has 1 aliphatic heterocycles. The fourth-order valence-electron chi connectivity index (χ4n) is 2.21. The van der Waals surface area contributed by atoms with Crippen LogP contribution in [0.3, 0.4) is 0 Å². The fourth-order valence-corrected chi connectivity index (χ4v) is 4.30. The molecule has 1 aromatic heterocycles. The highest BCUT2D eigenvalue weighted by Crippen LogP contribution is 2.27. The van der Waals surface area contributed by atoms with Gasteiger partial charge in [-0.25, -0.2) is 13.4 Å². The van der Waals surface area contributed by atoms with E-state index >= 15 is 0 Å². The molecule has 1 saturated heterocycles. The van der Waals surface area contributed by atoms with Crippen molar-refractivity contribution in [1.82, 2.24) is 9.55 Å². The van der Waals surface area contributed by atoms with Gasteiger partial charge in [0, 0.05) is 18.4 Å². The van der Waals surface area contributed by atoms with Gasteiger partial charge in [-0.2, -0.15) is 0 Å². The first-order valence-corrected chi connectivity index (χ1v) is 7.65. The minimum atomic E-state index is -2.89. The molecule has 1 fully saturated rings. The molecule has 0 bridgehead atoms. The summed E-state index contributed by atoms with van der Waals surface area (Å²) in [5, 5.41) is 3.28. The average molecular weight is 257 g/mol. The van der Waals surface area contributed by atoms with Crippen LogP contribution in [-0.2, 0) is 9.84 Å². The first kappa shape index (κ1) is 12.4. The smallest absolute Gasteiger partial charge is 0.203 e. The molecule has 96 valence electrons. The van der Waals surface area contributed by atoms with E-state index in [1.54, 1.807) is 6.20 Å². The van der Waals surface area contributed by atoms with Gasteiger partial charge in [0.25, 0.3) is 0 Å². The molecule has 0 aromatic carbocycles. The van der Waals surface area contributed by atoms with Crippen LogP contribution in [0.4, 0.5) is 5.95 Å². The zero-order valence-corrected chi connectivity index (χ0v) is 11.3. The summed E-state index contributed by atoms with van der Waals surface area (Å²) in [7, 11) is -2.89. The summed E-state index contributed by atoms with van der Waals surface area (Å²) in [6.45, 7) is 6.08. The second-order valence-corrected chi connectivity index (χ2v) is 7.46. The van der Waals surface area contributed by atoms with E-state index in [2.05, 4.69) is 24.1 Å². The number of imidazole rings is 1. The Kier molecular flexibility index (Phi) is 2.93. The summed E-state index contributed by atoms with van der Waals surface area (Å²) < 4.78 is 25.1. The van der Waals surface area contributed by atoms with Gasteiger partial charge in [0.05, 0.1) is 17.0 Å². The number of hydrogen-bond acceptors (Lipinski definition) is 4. The molecule has 0 aliphatic carbocycles. The van der Waals surface area contributed by atoms with Gasteiger partial charge in [-0.1, -0.05) is 0 Å². The van der Waals surface area contributed by atoms with E-state index in [1.165, 1.54) is 0 Å². The van der Waals surface area contributed by atoms with Crippen LogP contribution in [-0.4, -0.2) is 35.0 Å². The molecule has 17 heavy (non-hydrogen) atoms. The Morgan fingerprint density at radius 2 is 2.24 bits per heavy atom. The largest absolute Gasteiger partial charge is 0.349 e. The third kappa shape index (κ3) is 2.62. The molecule has 0 amide bonds.